The fourth-order valence-electron chi connectivity index (χ4n) is 3.29. The molecule has 1 atom stereocenters. The number of thiophene rings is 1. The Morgan fingerprint density at radius 1 is 1.08 bits per heavy atom. The van der Waals surface area contributed by atoms with Crippen LogP contribution >= 0.6 is 11.3 Å². The minimum absolute atomic E-state index is 0.0477. The molecule has 1 unspecified atom stereocenters. The second-order valence-corrected chi connectivity index (χ2v) is 8.19. The first-order valence-electron chi connectivity index (χ1n) is 9.15. The summed E-state index contributed by atoms with van der Waals surface area (Å²) in [5, 5.41) is 6.78. The van der Waals surface area contributed by atoms with Gasteiger partial charge in [0.05, 0.1) is 9.88 Å². The summed E-state index contributed by atoms with van der Waals surface area (Å²) in [6, 6.07) is 14.2. The zero-order valence-electron chi connectivity index (χ0n) is 14.6. The van der Waals surface area contributed by atoms with Crippen LogP contribution < -0.4 is 10.6 Å². The summed E-state index contributed by atoms with van der Waals surface area (Å²) in [5.74, 6) is 0.197. The first kappa shape index (κ1) is 17.2. The molecule has 1 saturated carbocycles. The molecule has 1 saturated heterocycles. The van der Waals surface area contributed by atoms with Gasteiger partial charge in [0.25, 0.3) is 5.91 Å². The van der Waals surface area contributed by atoms with Gasteiger partial charge < -0.3 is 10.6 Å². The third-order valence-corrected chi connectivity index (χ3v) is 5.88. The molecule has 1 aromatic carbocycles. The van der Waals surface area contributed by atoms with Crippen LogP contribution in [0.2, 0.25) is 0 Å². The highest BCUT2D eigenvalue weighted by Gasteiger charge is 2.30. The van der Waals surface area contributed by atoms with Gasteiger partial charge in [0.15, 0.2) is 0 Å². The van der Waals surface area contributed by atoms with Gasteiger partial charge in [-0.05, 0) is 37.0 Å². The molecular weight excluding hydrogens is 346 g/mol. The minimum atomic E-state index is -0.0477. The highest BCUT2D eigenvalue weighted by molar-refractivity contribution is 7.18. The van der Waals surface area contributed by atoms with Crippen molar-refractivity contribution in [3.8, 4) is 0 Å². The van der Waals surface area contributed by atoms with Crippen LogP contribution in [0.3, 0.4) is 0 Å². The second kappa shape index (κ2) is 7.60. The molecule has 5 nitrogen and oxygen atoms in total. The van der Waals surface area contributed by atoms with Gasteiger partial charge in [-0.2, -0.15) is 0 Å². The van der Waals surface area contributed by atoms with E-state index in [0.29, 0.717) is 4.88 Å². The van der Waals surface area contributed by atoms with Crippen LogP contribution in [0.4, 0.5) is 5.00 Å². The van der Waals surface area contributed by atoms with E-state index < -0.39 is 0 Å². The van der Waals surface area contributed by atoms with Crippen molar-refractivity contribution in [1.82, 2.24) is 10.2 Å². The summed E-state index contributed by atoms with van der Waals surface area (Å²) in [4.78, 5) is 27.3. The quantitative estimate of drug-likeness (QED) is 0.822. The van der Waals surface area contributed by atoms with E-state index in [1.165, 1.54) is 16.9 Å². The minimum Gasteiger partial charge on any atom is -0.347 e. The Kier molecular flexibility index (Phi) is 5.04. The molecule has 4 rings (SSSR count). The lowest BCUT2D eigenvalue weighted by atomic mass is 10.2. The van der Waals surface area contributed by atoms with Crippen molar-refractivity contribution < 1.29 is 9.59 Å². The summed E-state index contributed by atoms with van der Waals surface area (Å²) in [7, 11) is 0. The molecule has 6 heteroatoms. The van der Waals surface area contributed by atoms with E-state index in [4.69, 9.17) is 0 Å². The summed E-state index contributed by atoms with van der Waals surface area (Å²) in [6.07, 6.45) is 2.92. The Balaban J connectivity index is 1.27. The number of likely N-dealkylation sites (tertiary alicyclic amines) is 1. The maximum atomic E-state index is 12.5. The van der Waals surface area contributed by atoms with Gasteiger partial charge in [0.1, 0.15) is 0 Å². The lowest BCUT2D eigenvalue weighted by molar-refractivity contribution is -0.117. The molecular formula is C20H23N3O2S. The fourth-order valence-corrected chi connectivity index (χ4v) is 4.10. The highest BCUT2D eigenvalue weighted by Crippen LogP contribution is 2.31. The van der Waals surface area contributed by atoms with E-state index in [-0.39, 0.29) is 23.8 Å². The average molecular weight is 369 g/mol. The van der Waals surface area contributed by atoms with Crippen molar-refractivity contribution in [3.05, 3.63) is 52.9 Å². The zero-order valence-corrected chi connectivity index (χ0v) is 15.4. The first-order chi connectivity index (χ1) is 12.7. The summed E-state index contributed by atoms with van der Waals surface area (Å²) in [5.41, 5.74) is 1.30. The van der Waals surface area contributed by atoms with E-state index in [1.54, 1.807) is 6.07 Å². The van der Waals surface area contributed by atoms with Gasteiger partial charge >= 0.3 is 0 Å². The number of hydrogen-bond acceptors (Lipinski definition) is 4. The van der Waals surface area contributed by atoms with Gasteiger partial charge in [-0.25, -0.2) is 0 Å². The Labute approximate surface area is 157 Å². The number of amides is 2. The number of anilines is 1. The predicted molar refractivity (Wildman–Crippen MR) is 103 cm³/mol. The third kappa shape index (κ3) is 4.31. The lowest BCUT2D eigenvalue weighted by Gasteiger charge is -2.16. The van der Waals surface area contributed by atoms with Crippen LogP contribution in [0, 0.1) is 5.92 Å². The van der Waals surface area contributed by atoms with Gasteiger partial charge in [-0.15, -0.1) is 11.3 Å². The van der Waals surface area contributed by atoms with Crippen LogP contribution in [-0.2, 0) is 11.3 Å². The highest BCUT2D eigenvalue weighted by atomic mass is 32.1. The normalized spacial score (nSPS) is 20.1. The molecule has 2 heterocycles. The van der Waals surface area contributed by atoms with Gasteiger partial charge in [-0.1, -0.05) is 30.3 Å². The van der Waals surface area contributed by atoms with Crippen molar-refractivity contribution in [2.45, 2.75) is 31.8 Å². The number of benzene rings is 1. The topological polar surface area (TPSA) is 61.4 Å². The maximum Gasteiger partial charge on any atom is 0.261 e. The molecule has 2 aromatic rings. The van der Waals surface area contributed by atoms with Crippen LogP contribution in [0.15, 0.2) is 42.5 Å². The van der Waals surface area contributed by atoms with Crippen LogP contribution in [-0.4, -0.2) is 35.8 Å². The number of carbonyl (C=O) groups excluding carboxylic acids is 2. The maximum absolute atomic E-state index is 12.5. The van der Waals surface area contributed by atoms with Gasteiger partial charge in [0, 0.05) is 31.6 Å². The SMILES string of the molecule is O=C(NC1CCN(Cc2ccccc2)C1)c1ccc(NC(=O)C2CC2)s1. The van der Waals surface area contributed by atoms with Crippen molar-refractivity contribution in [1.29, 1.82) is 0 Å². The Hall–Kier alpha value is -2.18. The van der Waals surface area contributed by atoms with Crippen molar-refractivity contribution in [2.75, 3.05) is 18.4 Å². The Bertz CT molecular complexity index is 785. The fraction of sp³-hybridized carbons (Fsp3) is 0.400. The summed E-state index contributed by atoms with van der Waals surface area (Å²) in [6.45, 7) is 2.79. The van der Waals surface area contributed by atoms with Crippen molar-refractivity contribution >= 4 is 28.2 Å². The standard InChI is InChI=1S/C20H23N3O2S/c24-19(15-6-7-15)22-18-9-8-17(26-18)20(25)21-16-10-11-23(13-16)12-14-4-2-1-3-5-14/h1-5,8-9,15-16H,6-7,10-13H2,(H,21,25)(H,22,24). The average Bonchev–Trinajstić information content (AvgIpc) is 3.25. The van der Waals surface area contributed by atoms with Crippen molar-refractivity contribution in [2.24, 2.45) is 5.92 Å². The molecule has 0 bridgehead atoms. The molecule has 2 fully saturated rings. The monoisotopic (exact) mass is 369 g/mol. The largest absolute Gasteiger partial charge is 0.347 e. The number of carbonyl (C=O) groups is 2. The molecule has 136 valence electrons. The molecule has 1 aliphatic carbocycles. The van der Waals surface area contributed by atoms with Crippen LogP contribution in [0.25, 0.3) is 0 Å². The van der Waals surface area contributed by atoms with E-state index in [9.17, 15) is 9.59 Å². The predicted octanol–water partition coefficient (Wildman–Crippen LogP) is 3.10. The summed E-state index contributed by atoms with van der Waals surface area (Å²) >= 11 is 1.34. The zero-order chi connectivity index (χ0) is 17.9. The Morgan fingerprint density at radius 2 is 1.88 bits per heavy atom. The number of nitrogens with one attached hydrogen (secondary N) is 2. The van der Waals surface area contributed by atoms with E-state index >= 15 is 0 Å². The molecule has 1 aliphatic heterocycles. The molecule has 0 radical (unpaired) electrons. The second-order valence-electron chi connectivity index (χ2n) is 7.11. The molecule has 2 aliphatic rings. The molecule has 2 amide bonds. The van der Waals surface area contributed by atoms with E-state index in [0.717, 1.165) is 43.9 Å². The van der Waals surface area contributed by atoms with Gasteiger partial charge in [0.2, 0.25) is 5.91 Å². The lowest BCUT2D eigenvalue weighted by Crippen LogP contribution is -2.36. The number of hydrogen-bond donors (Lipinski definition) is 2. The van der Waals surface area contributed by atoms with Crippen LogP contribution in [0.5, 0.6) is 0 Å². The Morgan fingerprint density at radius 3 is 2.65 bits per heavy atom. The molecule has 0 spiro atoms. The summed E-state index contributed by atoms with van der Waals surface area (Å²) < 4.78 is 0. The number of rotatable bonds is 6. The van der Waals surface area contributed by atoms with Crippen LogP contribution in [0.1, 0.15) is 34.5 Å². The smallest absolute Gasteiger partial charge is 0.261 e. The first-order valence-corrected chi connectivity index (χ1v) is 9.97. The van der Waals surface area contributed by atoms with E-state index in [2.05, 4.69) is 39.8 Å². The number of nitrogens with zero attached hydrogens (tertiary/aromatic N) is 1. The van der Waals surface area contributed by atoms with E-state index in [1.807, 2.05) is 12.1 Å². The molecule has 2 N–H and O–H groups in total. The third-order valence-electron chi connectivity index (χ3n) is 4.88. The molecule has 1 aromatic heterocycles. The molecule has 26 heavy (non-hydrogen) atoms. The van der Waals surface area contributed by atoms with Gasteiger partial charge in [-0.3, -0.25) is 14.5 Å². The van der Waals surface area contributed by atoms with Crippen molar-refractivity contribution in [3.63, 3.8) is 0 Å².